The molecule has 3 nitrogen and oxygen atoms in total. The van der Waals surface area contributed by atoms with E-state index in [1.165, 1.54) is 23.4 Å². The van der Waals surface area contributed by atoms with E-state index in [1.54, 1.807) is 0 Å². The van der Waals surface area contributed by atoms with E-state index in [2.05, 4.69) is 45.2 Å². The van der Waals surface area contributed by atoms with Crippen molar-refractivity contribution >= 4 is 0 Å². The number of hydrogen-bond acceptors (Lipinski definition) is 2. The number of hydrogen-bond donors (Lipinski definition) is 1. The zero-order valence-corrected chi connectivity index (χ0v) is 10.6. The normalized spacial score (nSPS) is 14.4. The molecule has 0 saturated carbocycles. The molecule has 0 aliphatic carbocycles. The Morgan fingerprint density at radius 3 is 3.00 bits per heavy atom. The SMILES string of the molecule is c1ccc(CCCn2cnc3c2CCNC3)cc1. The third-order valence-corrected chi connectivity index (χ3v) is 3.57. The van der Waals surface area contributed by atoms with Gasteiger partial charge >= 0.3 is 0 Å². The molecular formula is C15H19N3. The van der Waals surface area contributed by atoms with Crippen LogP contribution in [0.15, 0.2) is 36.7 Å². The summed E-state index contributed by atoms with van der Waals surface area (Å²) in [6.07, 6.45) is 5.44. The van der Waals surface area contributed by atoms with Crippen molar-refractivity contribution in [1.82, 2.24) is 14.9 Å². The molecule has 1 aromatic heterocycles. The van der Waals surface area contributed by atoms with E-state index in [4.69, 9.17) is 0 Å². The standard InChI is InChI=1S/C15H19N3/c1-2-5-13(6-3-1)7-4-10-18-12-17-14-11-16-9-8-15(14)18/h1-3,5-6,12,16H,4,7-11H2. The van der Waals surface area contributed by atoms with Gasteiger partial charge in [-0.3, -0.25) is 0 Å². The van der Waals surface area contributed by atoms with Crippen molar-refractivity contribution in [2.45, 2.75) is 32.4 Å². The fourth-order valence-corrected chi connectivity index (χ4v) is 2.59. The summed E-state index contributed by atoms with van der Waals surface area (Å²) >= 11 is 0. The first kappa shape index (κ1) is 11.5. The number of imidazole rings is 1. The molecule has 1 aliphatic rings. The average Bonchev–Trinajstić information content (AvgIpc) is 2.84. The van der Waals surface area contributed by atoms with Gasteiger partial charge in [-0.15, -0.1) is 0 Å². The van der Waals surface area contributed by atoms with E-state index in [-0.39, 0.29) is 0 Å². The predicted octanol–water partition coefficient (Wildman–Crippen LogP) is 2.16. The van der Waals surface area contributed by atoms with Crippen molar-refractivity contribution in [2.75, 3.05) is 6.54 Å². The first-order valence-corrected chi connectivity index (χ1v) is 6.71. The number of nitrogens with one attached hydrogen (secondary N) is 1. The third-order valence-electron chi connectivity index (χ3n) is 3.57. The van der Waals surface area contributed by atoms with Crippen molar-refractivity contribution in [3.63, 3.8) is 0 Å². The maximum absolute atomic E-state index is 4.48. The first-order valence-electron chi connectivity index (χ1n) is 6.71. The Hall–Kier alpha value is -1.61. The van der Waals surface area contributed by atoms with Crippen LogP contribution in [0, 0.1) is 0 Å². The summed E-state index contributed by atoms with van der Waals surface area (Å²) in [6, 6.07) is 10.7. The summed E-state index contributed by atoms with van der Waals surface area (Å²) in [4.78, 5) is 4.48. The van der Waals surface area contributed by atoms with Gasteiger partial charge in [-0.25, -0.2) is 4.98 Å². The molecule has 3 heteroatoms. The first-order chi connectivity index (χ1) is 8.93. The Kier molecular flexibility index (Phi) is 3.42. The Morgan fingerprint density at radius 2 is 2.11 bits per heavy atom. The quantitative estimate of drug-likeness (QED) is 0.889. The van der Waals surface area contributed by atoms with Crippen molar-refractivity contribution in [3.8, 4) is 0 Å². The van der Waals surface area contributed by atoms with Crippen LogP contribution in [-0.4, -0.2) is 16.1 Å². The number of benzene rings is 1. The van der Waals surface area contributed by atoms with Crippen molar-refractivity contribution in [1.29, 1.82) is 0 Å². The Labute approximate surface area is 108 Å². The highest BCUT2D eigenvalue weighted by Crippen LogP contribution is 2.13. The van der Waals surface area contributed by atoms with E-state index >= 15 is 0 Å². The molecule has 0 spiro atoms. The van der Waals surface area contributed by atoms with Gasteiger partial charge in [0, 0.05) is 31.7 Å². The van der Waals surface area contributed by atoms with E-state index in [1.807, 2.05) is 6.33 Å². The molecule has 1 aliphatic heterocycles. The van der Waals surface area contributed by atoms with Crippen LogP contribution >= 0.6 is 0 Å². The lowest BCUT2D eigenvalue weighted by molar-refractivity contribution is 0.570. The fourth-order valence-electron chi connectivity index (χ4n) is 2.59. The van der Waals surface area contributed by atoms with Crippen molar-refractivity contribution < 1.29 is 0 Å². The summed E-state index contributed by atoms with van der Waals surface area (Å²) in [5.74, 6) is 0. The second kappa shape index (κ2) is 5.36. The number of aryl methyl sites for hydroxylation is 2. The second-order valence-electron chi connectivity index (χ2n) is 4.85. The molecule has 94 valence electrons. The average molecular weight is 241 g/mol. The number of rotatable bonds is 4. The highest BCUT2D eigenvalue weighted by atomic mass is 15.1. The van der Waals surface area contributed by atoms with Crippen LogP contribution in [0.5, 0.6) is 0 Å². The van der Waals surface area contributed by atoms with Gasteiger partial charge in [0.25, 0.3) is 0 Å². The minimum Gasteiger partial charge on any atom is -0.334 e. The molecular weight excluding hydrogens is 222 g/mol. The third kappa shape index (κ3) is 2.46. The minimum absolute atomic E-state index is 0.932. The summed E-state index contributed by atoms with van der Waals surface area (Å²) in [5.41, 5.74) is 4.09. The van der Waals surface area contributed by atoms with Crippen LogP contribution in [0.25, 0.3) is 0 Å². The van der Waals surface area contributed by atoms with E-state index in [0.29, 0.717) is 0 Å². The summed E-state index contributed by atoms with van der Waals surface area (Å²) in [6.45, 7) is 3.09. The van der Waals surface area contributed by atoms with Crippen LogP contribution in [0.3, 0.4) is 0 Å². The van der Waals surface area contributed by atoms with Crippen LogP contribution in [-0.2, 0) is 25.9 Å². The molecule has 3 rings (SSSR count). The van der Waals surface area contributed by atoms with Crippen LogP contribution in [0.1, 0.15) is 23.4 Å². The molecule has 0 bridgehead atoms. The Bertz CT molecular complexity index is 502. The van der Waals surface area contributed by atoms with E-state index in [9.17, 15) is 0 Å². The minimum atomic E-state index is 0.932. The number of nitrogens with zero attached hydrogens (tertiary/aromatic N) is 2. The van der Waals surface area contributed by atoms with Crippen molar-refractivity contribution in [2.24, 2.45) is 0 Å². The molecule has 0 unspecified atom stereocenters. The van der Waals surface area contributed by atoms with E-state index in [0.717, 1.165) is 32.5 Å². The highest BCUT2D eigenvalue weighted by molar-refractivity contribution is 5.17. The van der Waals surface area contributed by atoms with Crippen LogP contribution in [0.2, 0.25) is 0 Å². The zero-order chi connectivity index (χ0) is 12.2. The molecule has 0 radical (unpaired) electrons. The molecule has 2 aromatic rings. The second-order valence-corrected chi connectivity index (χ2v) is 4.85. The molecule has 18 heavy (non-hydrogen) atoms. The maximum Gasteiger partial charge on any atom is 0.0952 e. The highest BCUT2D eigenvalue weighted by Gasteiger charge is 2.13. The molecule has 0 saturated heterocycles. The fraction of sp³-hybridized carbons (Fsp3) is 0.400. The van der Waals surface area contributed by atoms with Gasteiger partial charge in [-0.2, -0.15) is 0 Å². The number of fused-ring (bicyclic) bond motifs is 1. The van der Waals surface area contributed by atoms with Gasteiger partial charge in [-0.05, 0) is 18.4 Å². The summed E-state index contributed by atoms with van der Waals surface area (Å²) in [5, 5.41) is 3.36. The topological polar surface area (TPSA) is 29.9 Å². The lowest BCUT2D eigenvalue weighted by Crippen LogP contribution is -2.25. The zero-order valence-electron chi connectivity index (χ0n) is 10.6. The van der Waals surface area contributed by atoms with Crippen molar-refractivity contribution in [3.05, 3.63) is 53.6 Å². The molecule has 2 heterocycles. The molecule has 0 atom stereocenters. The van der Waals surface area contributed by atoms with Gasteiger partial charge in [0.05, 0.1) is 12.0 Å². The van der Waals surface area contributed by atoms with E-state index < -0.39 is 0 Å². The molecule has 0 fully saturated rings. The number of aromatic nitrogens is 2. The smallest absolute Gasteiger partial charge is 0.0952 e. The lowest BCUT2D eigenvalue weighted by atomic mass is 10.1. The summed E-state index contributed by atoms with van der Waals surface area (Å²) < 4.78 is 2.33. The van der Waals surface area contributed by atoms with Crippen LogP contribution in [0.4, 0.5) is 0 Å². The summed E-state index contributed by atoms with van der Waals surface area (Å²) in [7, 11) is 0. The Balaban J connectivity index is 1.59. The Morgan fingerprint density at radius 1 is 1.22 bits per heavy atom. The molecule has 1 aromatic carbocycles. The van der Waals surface area contributed by atoms with Gasteiger partial charge < -0.3 is 9.88 Å². The predicted molar refractivity (Wildman–Crippen MR) is 72.4 cm³/mol. The van der Waals surface area contributed by atoms with Gasteiger partial charge in [0.15, 0.2) is 0 Å². The van der Waals surface area contributed by atoms with Gasteiger partial charge in [-0.1, -0.05) is 30.3 Å². The molecule has 1 N–H and O–H groups in total. The maximum atomic E-state index is 4.48. The van der Waals surface area contributed by atoms with Gasteiger partial charge in [0.1, 0.15) is 0 Å². The van der Waals surface area contributed by atoms with Gasteiger partial charge in [0.2, 0.25) is 0 Å². The monoisotopic (exact) mass is 241 g/mol. The largest absolute Gasteiger partial charge is 0.334 e. The molecule has 0 amide bonds. The lowest BCUT2D eigenvalue weighted by Gasteiger charge is -2.15. The van der Waals surface area contributed by atoms with Crippen LogP contribution < -0.4 is 5.32 Å².